The van der Waals surface area contributed by atoms with Crippen molar-refractivity contribution in [3.8, 4) is 16.9 Å². The molecule has 38 heavy (non-hydrogen) atoms. The van der Waals surface area contributed by atoms with E-state index < -0.39 is 10.0 Å². The van der Waals surface area contributed by atoms with Crippen molar-refractivity contribution in [2.24, 2.45) is 0 Å². The molecule has 0 amide bonds. The third kappa shape index (κ3) is 5.74. The normalized spacial score (nSPS) is 14.2. The molecule has 0 atom stereocenters. The Morgan fingerprint density at radius 3 is 2.47 bits per heavy atom. The van der Waals surface area contributed by atoms with E-state index in [9.17, 15) is 12.8 Å². The van der Waals surface area contributed by atoms with E-state index >= 15 is 0 Å². The van der Waals surface area contributed by atoms with Crippen LogP contribution in [0.5, 0.6) is 5.75 Å². The fourth-order valence-corrected chi connectivity index (χ4v) is 5.56. The lowest BCUT2D eigenvalue weighted by Crippen LogP contribution is -2.33. The van der Waals surface area contributed by atoms with Crippen molar-refractivity contribution in [2.45, 2.75) is 24.7 Å². The van der Waals surface area contributed by atoms with Crippen molar-refractivity contribution in [1.82, 2.24) is 24.8 Å². The fraction of sp³-hybridized carbons (Fsp3) is 0.296. The maximum absolute atomic E-state index is 14.5. The van der Waals surface area contributed by atoms with Crippen molar-refractivity contribution in [1.29, 1.82) is 0 Å². The molecule has 0 spiro atoms. The van der Waals surface area contributed by atoms with Crippen LogP contribution >= 0.6 is 0 Å². The Morgan fingerprint density at radius 1 is 0.974 bits per heavy atom. The fourth-order valence-electron chi connectivity index (χ4n) is 4.54. The topological polar surface area (TPSA) is 109 Å². The molecule has 0 aliphatic carbocycles. The SMILES string of the molecule is COc1ccc(F)c(-c2cc3nnc(Nc4ccc(S(=O)(=O)NCCN5CCCC5)cc4)nc3cc2C)c1. The third-order valence-electron chi connectivity index (χ3n) is 6.60. The molecule has 2 heterocycles. The van der Waals surface area contributed by atoms with E-state index in [1.165, 1.54) is 38.2 Å². The van der Waals surface area contributed by atoms with Crippen molar-refractivity contribution in [2.75, 3.05) is 38.6 Å². The Kier molecular flexibility index (Phi) is 7.50. The number of fused-ring (bicyclic) bond motifs is 1. The van der Waals surface area contributed by atoms with Gasteiger partial charge < -0.3 is 15.0 Å². The summed E-state index contributed by atoms with van der Waals surface area (Å²) in [5.41, 5.74) is 3.63. The van der Waals surface area contributed by atoms with Gasteiger partial charge in [0.15, 0.2) is 0 Å². The van der Waals surface area contributed by atoms with Gasteiger partial charge >= 0.3 is 0 Å². The summed E-state index contributed by atoms with van der Waals surface area (Å²) in [5.74, 6) is 0.456. The molecule has 1 aliphatic heterocycles. The first-order chi connectivity index (χ1) is 18.3. The first kappa shape index (κ1) is 26.0. The predicted molar refractivity (Wildman–Crippen MR) is 145 cm³/mol. The number of sulfonamides is 1. The number of halogens is 1. The zero-order valence-electron chi connectivity index (χ0n) is 21.2. The minimum Gasteiger partial charge on any atom is -0.497 e. The molecule has 1 aliphatic rings. The molecular weight excluding hydrogens is 507 g/mol. The highest BCUT2D eigenvalue weighted by Crippen LogP contribution is 2.32. The summed E-state index contributed by atoms with van der Waals surface area (Å²) in [6, 6.07) is 14.6. The lowest BCUT2D eigenvalue weighted by atomic mass is 9.99. The highest BCUT2D eigenvalue weighted by Gasteiger charge is 2.17. The van der Waals surface area contributed by atoms with Gasteiger partial charge in [-0.3, -0.25) is 0 Å². The van der Waals surface area contributed by atoms with Gasteiger partial charge in [0.05, 0.1) is 17.5 Å². The number of hydrogen-bond acceptors (Lipinski definition) is 8. The molecule has 0 saturated carbocycles. The van der Waals surface area contributed by atoms with Gasteiger partial charge in [-0.15, -0.1) is 10.2 Å². The van der Waals surface area contributed by atoms with Gasteiger partial charge in [0.2, 0.25) is 16.0 Å². The number of ether oxygens (including phenoxy) is 1. The first-order valence-electron chi connectivity index (χ1n) is 12.4. The lowest BCUT2D eigenvalue weighted by molar-refractivity contribution is 0.344. The second-order valence-electron chi connectivity index (χ2n) is 9.23. The Balaban J connectivity index is 1.29. The maximum Gasteiger partial charge on any atom is 0.247 e. The van der Waals surface area contributed by atoms with Gasteiger partial charge in [-0.25, -0.2) is 22.5 Å². The number of nitrogens with one attached hydrogen (secondary N) is 2. The maximum atomic E-state index is 14.5. The average molecular weight is 537 g/mol. The zero-order chi connectivity index (χ0) is 26.7. The van der Waals surface area contributed by atoms with Crippen LogP contribution in [-0.4, -0.2) is 61.8 Å². The molecule has 0 radical (unpaired) electrons. The number of nitrogens with zero attached hydrogens (tertiary/aromatic N) is 4. The first-order valence-corrected chi connectivity index (χ1v) is 13.9. The largest absolute Gasteiger partial charge is 0.497 e. The van der Waals surface area contributed by atoms with Gasteiger partial charge in [0, 0.05) is 24.3 Å². The van der Waals surface area contributed by atoms with Gasteiger partial charge in [0.25, 0.3) is 0 Å². The molecule has 2 N–H and O–H groups in total. The van der Waals surface area contributed by atoms with Crippen LogP contribution in [0.25, 0.3) is 22.2 Å². The zero-order valence-corrected chi connectivity index (χ0v) is 22.1. The quantitative estimate of drug-likeness (QED) is 0.327. The summed E-state index contributed by atoms with van der Waals surface area (Å²) < 4.78 is 47.7. The van der Waals surface area contributed by atoms with E-state index in [0.717, 1.165) is 18.7 Å². The van der Waals surface area contributed by atoms with Crippen LogP contribution in [0, 0.1) is 12.7 Å². The van der Waals surface area contributed by atoms with E-state index in [1.807, 2.05) is 13.0 Å². The molecule has 1 saturated heterocycles. The van der Waals surface area contributed by atoms with Crippen molar-refractivity contribution in [3.05, 3.63) is 66.0 Å². The van der Waals surface area contributed by atoms with Crippen LogP contribution in [0.1, 0.15) is 18.4 Å². The average Bonchev–Trinajstić information content (AvgIpc) is 3.42. The van der Waals surface area contributed by atoms with Gasteiger partial charge in [-0.1, -0.05) is 0 Å². The molecule has 0 unspecified atom stereocenters. The minimum atomic E-state index is -3.59. The highest BCUT2D eigenvalue weighted by molar-refractivity contribution is 7.89. The molecule has 4 aromatic rings. The van der Waals surface area contributed by atoms with E-state index in [0.29, 0.717) is 46.7 Å². The molecule has 198 valence electrons. The summed E-state index contributed by atoms with van der Waals surface area (Å²) in [5, 5.41) is 11.5. The number of aromatic nitrogens is 3. The molecule has 5 rings (SSSR count). The standard InChI is InChI=1S/C27H29FN6O3S/c1-18-15-25-26(17-22(18)23-16-20(37-2)7-10-24(23)28)32-33-27(31-25)30-19-5-8-21(9-6-19)38(35,36)29-11-14-34-12-3-4-13-34/h5-10,15-17,29H,3-4,11-14H2,1-2H3,(H,30,31,33). The summed E-state index contributed by atoms with van der Waals surface area (Å²) in [7, 11) is -2.06. The number of benzene rings is 3. The van der Waals surface area contributed by atoms with Gasteiger partial charge in [-0.05, 0) is 98.6 Å². The molecule has 1 fully saturated rings. The van der Waals surface area contributed by atoms with Crippen molar-refractivity contribution >= 4 is 32.7 Å². The Hall–Kier alpha value is -3.67. The van der Waals surface area contributed by atoms with Crippen LogP contribution in [0.4, 0.5) is 16.0 Å². The van der Waals surface area contributed by atoms with Crippen LogP contribution < -0.4 is 14.8 Å². The van der Waals surface area contributed by atoms with Crippen LogP contribution in [-0.2, 0) is 10.0 Å². The van der Waals surface area contributed by atoms with E-state index in [-0.39, 0.29) is 16.7 Å². The number of aryl methyl sites for hydroxylation is 1. The van der Waals surface area contributed by atoms with E-state index in [2.05, 4.69) is 30.1 Å². The number of rotatable bonds is 9. The summed E-state index contributed by atoms with van der Waals surface area (Å²) >= 11 is 0. The molecular formula is C27H29FN6O3S. The molecule has 9 nitrogen and oxygen atoms in total. The third-order valence-corrected chi connectivity index (χ3v) is 8.08. The smallest absolute Gasteiger partial charge is 0.247 e. The van der Waals surface area contributed by atoms with Gasteiger partial charge in [0.1, 0.15) is 17.1 Å². The van der Waals surface area contributed by atoms with Crippen LogP contribution in [0.2, 0.25) is 0 Å². The monoisotopic (exact) mass is 536 g/mol. The van der Waals surface area contributed by atoms with Crippen LogP contribution in [0.15, 0.2) is 59.5 Å². The summed E-state index contributed by atoms with van der Waals surface area (Å²) in [6.07, 6.45) is 2.34. The lowest BCUT2D eigenvalue weighted by Gasteiger charge is -2.15. The summed E-state index contributed by atoms with van der Waals surface area (Å²) in [4.78, 5) is 6.98. The number of likely N-dealkylation sites (tertiary alicyclic amines) is 1. The summed E-state index contributed by atoms with van der Waals surface area (Å²) in [6.45, 7) is 5.01. The second-order valence-corrected chi connectivity index (χ2v) is 11.0. The number of methoxy groups -OCH3 is 1. The van der Waals surface area contributed by atoms with Crippen molar-refractivity contribution in [3.63, 3.8) is 0 Å². The highest BCUT2D eigenvalue weighted by atomic mass is 32.2. The van der Waals surface area contributed by atoms with Crippen LogP contribution in [0.3, 0.4) is 0 Å². The van der Waals surface area contributed by atoms with Crippen molar-refractivity contribution < 1.29 is 17.5 Å². The molecule has 0 bridgehead atoms. The second kappa shape index (κ2) is 11.0. The minimum absolute atomic E-state index is 0.190. The van der Waals surface area contributed by atoms with Gasteiger partial charge in [-0.2, -0.15) is 0 Å². The Bertz CT molecular complexity index is 1560. The molecule has 3 aromatic carbocycles. The number of hydrogen-bond donors (Lipinski definition) is 2. The Labute approximate surface area is 221 Å². The molecule has 1 aromatic heterocycles. The van der Waals surface area contributed by atoms with E-state index in [4.69, 9.17) is 4.74 Å². The molecule has 11 heteroatoms. The predicted octanol–water partition coefficient (Wildman–Crippen LogP) is 4.27. The Morgan fingerprint density at radius 2 is 1.74 bits per heavy atom. The van der Waals surface area contributed by atoms with E-state index in [1.54, 1.807) is 30.3 Å². The number of anilines is 2.